The van der Waals surface area contributed by atoms with Crippen LogP contribution in [0.2, 0.25) is 0 Å². The highest BCUT2D eigenvalue weighted by Crippen LogP contribution is 2.35. The maximum atomic E-state index is 14.1. The van der Waals surface area contributed by atoms with Gasteiger partial charge in [-0.05, 0) is 75.2 Å². The van der Waals surface area contributed by atoms with Gasteiger partial charge in [0, 0.05) is 43.7 Å². The molecule has 0 spiro atoms. The molecule has 0 fully saturated rings. The molecule has 10 nitrogen and oxygen atoms in total. The SMILES string of the molecule is CCCCCCCC(=O)Nc1ccc2c(c1)C(=O)N(CCC(=O)N(CCC)CC(N)=O)C(c1ccc(OCCCN(C)C)cc1)C2. The molecule has 1 aliphatic rings. The molecule has 2 aromatic rings. The maximum Gasteiger partial charge on any atom is 0.254 e. The Morgan fingerprint density at radius 2 is 1.67 bits per heavy atom. The van der Waals surface area contributed by atoms with E-state index in [1.807, 2.05) is 57.4 Å². The van der Waals surface area contributed by atoms with Crippen LogP contribution >= 0.6 is 0 Å². The zero-order chi connectivity index (χ0) is 33.5. The monoisotopic (exact) mass is 635 g/mol. The van der Waals surface area contributed by atoms with E-state index in [0.717, 1.165) is 55.5 Å². The molecule has 0 radical (unpaired) electrons. The lowest BCUT2D eigenvalue weighted by molar-refractivity contribution is -0.135. The fourth-order valence-electron chi connectivity index (χ4n) is 5.79. The van der Waals surface area contributed by atoms with Crippen molar-refractivity contribution in [2.24, 2.45) is 5.73 Å². The summed E-state index contributed by atoms with van der Waals surface area (Å²) in [6.07, 6.45) is 7.99. The fourth-order valence-corrected chi connectivity index (χ4v) is 5.79. The van der Waals surface area contributed by atoms with Gasteiger partial charge in [-0.15, -0.1) is 0 Å². The number of primary amides is 1. The molecule has 2 aromatic carbocycles. The lowest BCUT2D eigenvalue weighted by atomic mass is 9.88. The number of amides is 4. The first kappa shape index (κ1) is 36.5. The lowest BCUT2D eigenvalue weighted by Gasteiger charge is -2.37. The van der Waals surface area contributed by atoms with Crippen LogP contribution in [0.25, 0.3) is 0 Å². The van der Waals surface area contributed by atoms with Gasteiger partial charge in [0.2, 0.25) is 17.7 Å². The first-order valence-electron chi connectivity index (χ1n) is 16.8. The first-order chi connectivity index (χ1) is 22.1. The molecule has 252 valence electrons. The molecule has 1 heterocycles. The molecule has 10 heteroatoms. The predicted octanol–water partition coefficient (Wildman–Crippen LogP) is 5.17. The summed E-state index contributed by atoms with van der Waals surface area (Å²) in [6, 6.07) is 13.0. The average Bonchev–Trinajstić information content (AvgIpc) is 3.02. The second kappa shape index (κ2) is 18.9. The number of anilines is 1. The Hall–Kier alpha value is -3.92. The highest BCUT2D eigenvalue weighted by atomic mass is 16.5. The Bertz CT molecular complexity index is 1300. The number of rotatable bonds is 20. The number of hydrogen-bond donors (Lipinski definition) is 2. The third kappa shape index (κ3) is 11.5. The predicted molar refractivity (Wildman–Crippen MR) is 182 cm³/mol. The Kier molecular flexibility index (Phi) is 15.0. The number of carbonyl (C=O) groups excluding carboxylic acids is 4. The smallest absolute Gasteiger partial charge is 0.254 e. The highest BCUT2D eigenvalue weighted by molar-refractivity contribution is 6.00. The van der Waals surface area contributed by atoms with Crippen molar-refractivity contribution in [1.82, 2.24) is 14.7 Å². The molecule has 1 atom stereocenters. The van der Waals surface area contributed by atoms with Crippen molar-refractivity contribution in [2.75, 3.05) is 52.2 Å². The number of nitrogens with zero attached hydrogens (tertiary/aromatic N) is 3. The second-order valence-electron chi connectivity index (χ2n) is 12.4. The van der Waals surface area contributed by atoms with Gasteiger partial charge in [0.25, 0.3) is 5.91 Å². The van der Waals surface area contributed by atoms with E-state index in [1.165, 1.54) is 11.3 Å². The first-order valence-corrected chi connectivity index (χ1v) is 16.8. The van der Waals surface area contributed by atoms with Crippen LogP contribution in [0.1, 0.15) is 99.2 Å². The number of hydrogen-bond acceptors (Lipinski definition) is 6. The molecule has 3 rings (SSSR count). The van der Waals surface area contributed by atoms with E-state index < -0.39 is 5.91 Å². The number of nitrogens with one attached hydrogen (secondary N) is 1. The molecule has 0 saturated carbocycles. The standard InChI is InChI=1S/C36H53N5O5/c1-5-7-8-9-10-12-34(43)38-29-16-13-28-24-32(27-14-17-30(18-15-27)46-23-11-21-39(3)4)41(36(45)31(28)25-29)22-19-35(44)40(20-6-2)26-33(37)42/h13-18,25,32H,5-12,19-24,26H2,1-4H3,(H2,37,42)(H,38,43). The molecule has 3 N–H and O–H groups in total. The number of ether oxygens (including phenoxy) is 1. The van der Waals surface area contributed by atoms with Gasteiger partial charge in [-0.25, -0.2) is 0 Å². The van der Waals surface area contributed by atoms with E-state index in [2.05, 4.69) is 17.1 Å². The van der Waals surface area contributed by atoms with Gasteiger partial charge in [0.05, 0.1) is 19.2 Å². The molecule has 0 bridgehead atoms. The van der Waals surface area contributed by atoms with Gasteiger partial charge in [-0.2, -0.15) is 0 Å². The summed E-state index contributed by atoms with van der Waals surface area (Å²) in [5.41, 5.74) is 8.33. The van der Waals surface area contributed by atoms with E-state index in [-0.39, 0.29) is 43.3 Å². The minimum Gasteiger partial charge on any atom is -0.494 e. The van der Waals surface area contributed by atoms with Gasteiger partial charge in [-0.3, -0.25) is 19.2 Å². The third-order valence-electron chi connectivity index (χ3n) is 8.22. The summed E-state index contributed by atoms with van der Waals surface area (Å²) in [5.74, 6) is -0.286. The maximum absolute atomic E-state index is 14.1. The number of nitrogens with two attached hydrogens (primary N) is 1. The summed E-state index contributed by atoms with van der Waals surface area (Å²) >= 11 is 0. The summed E-state index contributed by atoms with van der Waals surface area (Å²) in [6.45, 7) is 6.09. The van der Waals surface area contributed by atoms with Gasteiger partial charge in [0.15, 0.2) is 0 Å². The van der Waals surface area contributed by atoms with Crippen LogP contribution in [0, 0.1) is 0 Å². The van der Waals surface area contributed by atoms with E-state index in [1.54, 1.807) is 11.0 Å². The molecule has 0 aromatic heterocycles. The zero-order valence-corrected chi connectivity index (χ0v) is 28.2. The second-order valence-corrected chi connectivity index (χ2v) is 12.4. The largest absolute Gasteiger partial charge is 0.494 e. The van der Waals surface area contributed by atoms with Crippen LogP contribution in [0.5, 0.6) is 5.75 Å². The van der Waals surface area contributed by atoms with Gasteiger partial charge >= 0.3 is 0 Å². The van der Waals surface area contributed by atoms with Crippen molar-refractivity contribution in [3.63, 3.8) is 0 Å². The van der Waals surface area contributed by atoms with Crippen molar-refractivity contribution in [3.8, 4) is 5.75 Å². The van der Waals surface area contributed by atoms with Crippen molar-refractivity contribution in [1.29, 1.82) is 0 Å². The van der Waals surface area contributed by atoms with E-state index in [9.17, 15) is 19.2 Å². The Morgan fingerprint density at radius 1 is 0.935 bits per heavy atom. The van der Waals surface area contributed by atoms with Crippen molar-refractivity contribution in [2.45, 2.75) is 84.1 Å². The van der Waals surface area contributed by atoms with Crippen LogP contribution < -0.4 is 15.8 Å². The van der Waals surface area contributed by atoms with Crippen LogP contribution in [-0.4, -0.2) is 85.2 Å². The Morgan fingerprint density at radius 3 is 2.35 bits per heavy atom. The molecule has 4 amide bonds. The van der Waals surface area contributed by atoms with Crippen LogP contribution in [0.3, 0.4) is 0 Å². The van der Waals surface area contributed by atoms with E-state index in [0.29, 0.717) is 43.7 Å². The molecule has 1 aliphatic heterocycles. The molecular weight excluding hydrogens is 582 g/mol. The zero-order valence-electron chi connectivity index (χ0n) is 28.2. The fraction of sp³-hybridized carbons (Fsp3) is 0.556. The number of carbonyl (C=O) groups is 4. The van der Waals surface area contributed by atoms with E-state index in [4.69, 9.17) is 10.5 Å². The van der Waals surface area contributed by atoms with E-state index >= 15 is 0 Å². The molecule has 0 aliphatic carbocycles. The molecule has 46 heavy (non-hydrogen) atoms. The lowest BCUT2D eigenvalue weighted by Crippen LogP contribution is -2.44. The van der Waals surface area contributed by atoms with Crippen LogP contribution in [-0.2, 0) is 20.8 Å². The Balaban J connectivity index is 1.79. The van der Waals surface area contributed by atoms with Gasteiger partial charge in [0.1, 0.15) is 5.75 Å². The normalized spacial score (nSPS) is 14.2. The summed E-state index contributed by atoms with van der Waals surface area (Å²) in [4.78, 5) is 56.7. The van der Waals surface area contributed by atoms with Gasteiger partial charge in [-0.1, -0.05) is 57.7 Å². The minimum atomic E-state index is -0.567. The number of benzene rings is 2. The minimum absolute atomic E-state index is 0.0606. The van der Waals surface area contributed by atoms with Crippen molar-refractivity contribution in [3.05, 3.63) is 59.2 Å². The van der Waals surface area contributed by atoms with Crippen molar-refractivity contribution < 1.29 is 23.9 Å². The van der Waals surface area contributed by atoms with Crippen LogP contribution in [0.15, 0.2) is 42.5 Å². The topological polar surface area (TPSA) is 125 Å². The quantitative estimate of drug-likeness (QED) is 0.194. The summed E-state index contributed by atoms with van der Waals surface area (Å²) < 4.78 is 5.92. The molecule has 1 unspecified atom stereocenters. The molecule has 0 saturated heterocycles. The summed E-state index contributed by atoms with van der Waals surface area (Å²) in [7, 11) is 4.06. The third-order valence-corrected chi connectivity index (χ3v) is 8.22. The number of fused-ring (bicyclic) bond motifs is 1. The van der Waals surface area contributed by atoms with Gasteiger partial charge < -0.3 is 30.5 Å². The highest BCUT2D eigenvalue weighted by Gasteiger charge is 2.34. The van der Waals surface area contributed by atoms with Crippen molar-refractivity contribution >= 4 is 29.3 Å². The average molecular weight is 636 g/mol. The number of unbranched alkanes of at least 4 members (excludes halogenated alkanes) is 4. The molecular formula is C36H53N5O5. The van der Waals surface area contributed by atoms with Crippen LogP contribution in [0.4, 0.5) is 5.69 Å². The summed E-state index contributed by atoms with van der Waals surface area (Å²) in [5, 5.41) is 2.96. The Labute approximate surface area is 274 Å².